The third-order valence-electron chi connectivity index (χ3n) is 3.03. The zero-order valence-electron chi connectivity index (χ0n) is 11.9. The Morgan fingerprint density at radius 2 is 2.05 bits per heavy atom. The molecule has 1 saturated heterocycles. The molecule has 1 rings (SSSR count). The van der Waals surface area contributed by atoms with Gasteiger partial charge in [0, 0.05) is 33.0 Å². The van der Waals surface area contributed by atoms with E-state index >= 15 is 0 Å². The van der Waals surface area contributed by atoms with E-state index in [1.54, 1.807) is 13.8 Å². The molecule has 0 aromatic carbocycles. The molecule has 0 atom stereocenters. The van der Waals surface area contributed by atoms with Crippen molar-refractivity contribution in [3.8, 4) is 0 Å². The number of nitrogens with one attached hydrogen (secondary N) is 1. The van der Waals surface area contributed by atoms with Crippen LogP contribution in [0.25, 0.3) is 0 Å². The van der Waals surface area contributed by atoms with Gasteiger partial charge in [-0.05, 0) is 39.0 Å². The number of hydrogen-bond donors (Lipinski definition) is 2. The molecule has 1 aliphatic rings. The van der Waals surface area contributed by atoms with E-state index in [1.165, 1.54) is 0 Å². The van der Waals surface area contributed by atoms with E-state index < -0.39 is 5.54 Å². The quantitative estimate of drug-likeness (QED) is 0.690. The molecule has 0 aliphatic carbocycles. The van der Waals surface area contributed by atoms with Gasteiger partial charge in [0.15, 0.2) is 0 Å². The van der Waals surface area contributed by atoms with Gasteiger partial charge in [0.1, 0.15) is 0 Å². The van der Waals surface area contributed by atoms with Gasteiger partial charge in [-0.15, -0.1) is 12.4 Å². The van der Waals surface area contributed by atoms with Gasteiger partial charge in [-0.2, -0.15) is 0 Å². The van der Waals surface area contributed by atoms with Gasteiger partial charge in [0.25, 0.3) is 0 Å². The Bertz CT molecular complexity index is 251. The summed E-state index contributed by atoms with van der Waals surface area (Å²) in [6, 6.07) is 0. The number of nitrogens with two attached hydrogens (primary N) is 1. The van der Waals surface area contributed by atoms with Crippen LogP contribution in [0, 0.1) is 5.92 Å². The fourth-order valence-electron chi connectivity index (χ4n) is 1.77. The second-order valence-electron chi connectivity index (χ2n) is 5.46. The Morgan fingerprint density at radius 1 is 1.42 bits per heavy atom. The zero-order valence-corrected chi connectivity index (χ0v) is 12.8. The first-order chi connectivity index (χ1) is 8.50. The van der Waals surface area contributed by atoms with Gasteiger partial charge < -0.3 is 20.5 Å². The van der Waals surface area contributed by atoms with Gasteiger partial charge in [-0.3, -0.25) is 4.79 Å². The lowest BCUT2D eigenvalue weighted by Gasteiger charge is -2.21. The van der Waals surface area contributed by atoms with Crippen LogP contribution in [-0.4, -0.2) is 44.4 Å². The van der Waals surface area contributed by atoms with Crippen LogP contribution in [0.4, 0.5) is 0 Å². The van der Waals surface area contributed by atoms with E-state index in [-0.39, 0.29) is 18.3 Å². The Hall–Kier alpha value is -0.360. The number of carbonyl (C=O) groups excluding carboxylic acids is 1. The average Bonchev–Trinajstić information content (AvgIpc) is 2.33. The van der Waals surface area contributed by atoms with Crippen molar-refractivity contribution in [1.82, 2.24) is 5.32 Å². The maximum atomic E-state index is 11.5. The second kappa shape index (κ2) is 9.53. The summed E-state index contributed by atoms with van der Waals surface area (Å²) in [4.78, 5) is 11.5. The molecule has 1 fully saturated rings. The maximum Gasteiger partial charge on any atom is 0.239 e. The highest BCUT2D eigenvalue weighted by Crippen LogP contribution is 2.14. The Balaban J connectivity index is 0.00000324. The maximum absolute atomic E-state index is 11.5. The third-order valence-corrected chi connectivity index (χ3v) is 3.03. The third kappa shape index (κ3) is 8.42. The van der Waals surface area contributed by atoms with Crippen molar-refractivity contribution in [2.45, 2.75) is 38.6 Å². The first-order valence-electron chi connectivity index (χ1n) is 6.73. The molecular formula is C13H27ClN2O3. The van der Waals surface area contributed by atoms with E-state index in [1.807, 2.05) is 0 Å². The highest BCUT2D eigenvalue weighted by molar-refractivity contribution is 5.85. The number of carbonyl (C=O) groups is 1. The molecule has 0 aromatic heterocycles. The zero-order chi connectivity index (χ0) is 13.4. The molecule has 0 bridgehead atoms. The molecule has 0 aromatic rings. The highest BCUT2D eigenvalue weighted by Gasteiger charge is 2.20. The van der Waals surface area contributed by atoms with E-state index in [0.717, 1.165) is 39.1 Å². The minimum Gasteiger partial charge on any atom is -0.381 e. The summed E-state index contributed by atoms with van der Waals surface area (Å²) in [6.45, 7) is 7.22. The van der Waals surface area contributed by atoms with Crippen molar-refractivity contribution >= 4 is 18.3 Å². The lowest BCUT2D eigenvalue weighted by molar-refractivity contribution is -0.125. The van der Waals surface area contributed by atoms with Crippen LogP contribution in [0.15, 0.2) is 0 Å². The van der Waals surface area contributed by atoms with Gasteiger partial charge in [-0.25, -0.2) is 0 Å². The summed E-state index contributed by atoms with van der Waals surface area (Å²) < 4.78 is 10.9. The first-order valence-corrected chi connectivity index (χ1v) is 6.73. The van der Waals surface area contributed by atoms with Crippen molar-refractivity contribution < 1.29 is 14.3 Å². The van der Waals surface area contributed by atoms with Gasteiger partial charge in [0.05, 0.1) is 5.54 Å². The standard InChI is InChI=1S/C13H26N2O3.ClH/c1-13(2,14)12(16)15-6-3-7-18-10-11-4-8-17-9-5-11;/h11H,3-10,14H2,1-2H3,(H,15,16);1H. The van der Waals surface area contributed by atoms with Crippen molar-refractivity contribution in [2.75, 3.05) is 33.0 Å². The summed E-state index contributed by atoms with van der Waals surface area (Å²) in [5.74, 6) is 0.517. The van der Waals surface area contributed by atoms with Gasteiger partial charge in [0.2, 0.25) is 5.91 Å². The van der Waals surface area contributed by atoms with Crippen molar-refractivity contribution in [1.29, 1.82) is 0 Å². The van der Waals surface area contributed by atoms with Crippen LogP contribution < -0.4 is 11.1 Å². The lowest BCUT2D eigenvalue weighted by atomic mass is 10.0. The van der Waals surface area contributed by atoms with E-state index in [9.17, 15) is 4.79 Å². The molecule has 1 heterocycles. The highest BCUT2D eigenvalue weighted by atomic mass is 35.5. The number of halogens is 1. The smallest absolute Gasteiger partial charge is 0.239 e. The molecule has 0 unspecified atom stereocenters. The topological polar surface area (TPSA) is 73.6 Å². The van der Waals surface area contributed by atoms with Crippen molar-refractivity contribution in [3.05, 3.63) is 0 Å². The fourth-order valence-corrected chi connectivity index (χ4v) is 1.77. The van der Waals surface area contributed by atoms with Crippen LogP contribution in [-0.2, 0) is 14.3 Å². The molecule has 0 saturated carbocycles. The number of amides is 1. The van der Waals surface area contributed by atoms with E-state index in [0.29, 0.717) is 19.1 Å². The number of hydrogen-bond acceptors (Lipinski definition) is 4. The minimum atomic E-state index is -0.803. The molecular weight excluding hydrogens is 268 g/mol. The van der Waals surface area contributed by atoms with Crippen LogP contribution in [0.1, 0.15) is 33.1 Å². The molecule has 0 radical (unpaired) electrons. The summed E-state index contributed by atoms with van der Waals surface area (Å²) in [6.07, 6.45) is 3.02. The summed E-state index contributed by atoms with van der Waals surface area (Å²) in [5, 5.41) is 2.80. The molecule has 19 heavy (non-hydrogen) atoms. The van der Waals surface area contributed by atoms with Gasteiger partial charge >= 0.3 is 0 Å². The van der Waals surface area contributed by atoms with Crippen LogP contribution in [0.5, 0.6) is 0 Å². The Labute approximate surface area is 122 Å². The summed E-state index contributed by atoms with van der Waals surface area (Å²) in [5.41, 5.74) is 4.86. The van der Waals surface area contributed by atoms with Crippen molar-refractivity contribution in [3.63, 3.8) is 0 Å². The minimum absolute atomic E-state index is 0. The normalized spacial score (nSPS) is 16.8. The van der Waals surface area contributed by atoms with E-state index in [2.05, 4.69) is 5.32 Å². The monoisotopic (exact) mass is 294 g/mol. The predicted molar refractivity (Wildman–Crippen MR) is 77.5 cm³/mol. The van der Waals surface area contributed by atoms with Crippen LogP contribution >= 0.6 is 12.4 Å². The van der Waals surface area contributed by atoms with Crippen LogP contribution in [0.2, 0.25) is 0 Å². The average molecular weight is 295 g/mol. The van der Waals surface area contributed by atoms with E-state index in [4.69, 9.17) is 15.2 Å². The number of rotatable bonds is 7. The molecule has 1 aliphatic heterocycles. The molecule has 1 amide bonds. The van der Waals surface area contributed by atoms with Gasteiger partial charge in [-0.1, -0.05) is 0 Å². The van der Waals surface area contributed by atoms with Crippen LogP contribution in [0.3, 0.4) is 0 Å². The Kier molecular flexibility index (Phi) is 9.35. The molecule has 3 N–H and O–H groups in total. The predicted octanol–water partition coefficient (Wildman–Crippen LogP) is 1.09. The molecule has 114 valence electrons. The SMILES string of the molecule is CC(C)(N)C(=O)NCCCOCC1CCOCC1.Cl. The largest absolute Gasteiger partial charge is 0.381 e. The number of ether oxygens (including phenoxy) is 2. The van der Waals surface area contributed by atoms with Crippen molar-refractivity contribution in [2.24, 2.45) is 11.7 Å². The lowest BCUT2D eigenvalue weighted by Crippen LogP contribution is -2.49. The summed E-state index contributed by atoms with van der Waals surface area (Å²) >= 11 is 0. The summed E-state index contributed by atoms with van der Waals surface area (Å²) in [7, 11) is 0. The first kappa shape index (κ1) is 18.6. The molecule has 6 heteroatoms. The fraction of sp³-hybridized carbons (Fsp3) is 0.923. The molecule has 5 nitrogen and oxygen atoms in total. The molecule has 0 spiro atoms. The second-order valence-corrected chi connectivity index (χ2v) is 5.46. The Morgan fingerprint density at radius 3 is 2.63 bits per heavy atom.